The maximum Gasteiger partial charge on any atom is 0.0900 e. The van der Waals surface area contributed by atoms with E-state index in [0.717, 1.165) is 29.5 Å². The summed E-state index contributed by atoms with van der Waals surface area (Å²) in [7, 11) is 0. The predicted octanol–water partition coefficient (Wildman–Crippen LogP) is 1.82. The molecule has 1 aromatic rings. The minimum absolute atomic E-state index is 0.425. The van der Waals surface area contributed by atoms with E-state index in [0.29, 0.717) is 17.5 Å². The van der Waals surface area contributed by atoms with E-state index < -0.39 is 0 Å². The SMILES string of the molecule is Cc1nc(COC2CSC3(CNC3)C2)cs1. The van der Waals surface area contributed by atoms with Crippen molar-refractivity contribution < 1.29 is 4.74 Å². The molecule has 5 heteroatoms. The van der Waals surface area contributed by atoms with Gasteiger partial charge in [-0.05, 0) is 13.3 Å². The Morgan fingerprint density at radius 3 is 3.06 bits per heavy atom. The molecule has 0 amide bonds. The minimum atomic E-state index is 0.425. The average molecular weight is 256 g/mol. The van der Waals surface area contributed by atoms with Crippen LogP contribution in [0.1, 0.15) is 17.1 Å². The Morgan fingerprint density at radius 2 is 2.50 bits per heavy atom. The van der Waals surface area contributed by atoms with Crippen molar-refractivity contribution in [1.82, 2.24) is 10.3 Å². The first-order valence-electron chi connectivity index (χ1n) is 5.63. The Kier molecular flexibility index (Phi) is 2.96. The Balaban J connectivity index is 1.49. The second kappa shape index (κ2) is 4.29. The van der Waals surface area contributed by atoms with Crippen molar-refractivity contribution in [2.75, 3.05) is 18.8 Å². The molecule has 1 N–H and O–H groups in total. The van der Waals surface area contributed by atoms with Crippen molar-refractivity contribution in [3.8, 4) is 0 Å². The third kappa shape index (κ3) is 2.14. The summed E-state index contributed by atoms with van der Waals surface area (Å²) in [5, 5.41) is 6.57. The van der Waals surface area contributed by atoms with Crippen LogP contribution in [0.5, 0.6) is 0 Å². The molecule has 0 aromatic carbocycles. The molecule has 88 valence electrons. The van der Waals surface area contributed by atoms with Crippen molar-refractivity contribution in [3.05, 3.63) is 16.1 Å². The van der Waals surface area contributed by atoms with Gasteiger partial charge in [-0.1, -0.05) is 0 Å². The highest BCUT2D eigenvalue weighted by atomic mass is 32.2. The van der Waals surface area contributed by atoms with Crippen LogP contribution in [0.25, 0.3) is 0 Å². The van der Waals surface area contributed by atoms with E-state index >= 15 is 0 Å². The highest BCUT2D eigenvalue weighted by molar-refractivity contribution is 8.01. The Morgan fingerprint density at radius 1 is 1.62 bits per heavy atom. The Labute approximate surface area is 104 Å². The quantitative estimate of drug-likeness (QED) is 0.894. The summed E-state index contributed by atoms with van der Waals surface area (Å²) in [6, 6.07) is 0. The fourth-order valence-corrected chi connectivity index (χ4v) is 4.30. The molecular formula is C11H16N2OS2. The lowest BCUT2D eigenvalue weighted by atomic mass is 9.96. The molecule has 1 aromatic heterocycles. The summed E-state index contributed by atoms with van der Waals surface area (Å²) in [5.74, 6) is 1.14. The summed E-state index contributed by atoms with van der Waals surface area (Å²) in [6.45, 7) is 5.04. The van der Waals surface area contributed by atoms with Crippen molar-refractivity contribution in [2.24, 2.45) is 0 Å². The van der Waals surface area contributed by atoms with Gasteiger partial charge in [0.1, 0.15) is 0 Å². The summed E-state index contributed by atoms with van der Waals surface area (Å²) < 4.78 is 6.43. The molecule has 1 atom stereocenters. The van der Waals surface area contributed by atoms with Crippen molar-refractivity contribution in [2.45, 2.75) is 30.8 Å². The molecule has 0 radical (unpaired) electrons. The number of nitrogens with zero attached hydrogens (tertiary/aromatic N) is 1. The maximum atomic E-state index is 5.93. The Hall–Kier alpha value is -0.100. The number of thioether (sulfide) groups is 1. The first-order chi connectivity index (χ1) is 7.76. The molecule has 0 bridgehead atoms. The van der Waals surface area contributed by atoms with Crippen molar-refractivity contribution >= 4 is 23.1 Å². The Bertz CT molecular complexity index is 376. The number of aromatic nitrogens is 1. The van der Waals surface area contributed by atoms with E-state index in [1.54, 1.807) is 11.3 Å². The molecule has 2 fully saturated rings. The van der Waals surface area contributed by atoms with Gasteiger partial charge in [0, 0.05) is 29.0 Å². The molecule has 1 spiro atoms. The number of ether oxygens (including phenoxy) is 1. The van der Waals surface area contributed by atoms with Gasteiger partial charge in [-0.2, -0.15) is 0 Å². The van der Waals surface area contributed by atoms with E-state index in [-0.39, 0.29) is 0 Å². The van der Waals surface area contributed by atoms with Gasteiger partial charge >= 0.3 is 0 Å². The fraction of sp³-hybridized carbons (Fsp3) is 0.727. The van der Waals surface area contributed by atoms with Crippen LogP contribution in [0.4, 0.5) is 0 Å². The molecule has 3 nitrogen and oxygen atoms in total. The number of hydrogen-bond acceptors (Lipinski definition) is 5. The normalized spacial score (nSPS) is 27.2. The lowest BCUT2D eigenvalue weighted by Crippen LogP contribution is -2.56. The number of nitrogens with one attached hydrogen (secondary N) is 1. The molecule has 3 rings (SSSR count). The molecule has 3 heterocycles. The monoisotopic (exact) mass is 256 g/mol. The van der Waals surface area contributed by atoms with Crippen LogP contribution >= 0.6 is 23.1 Å². The van der Waals surface area contributed by atoms with Crippen LogP contribution in [-0.4, -0.2) is 34.7 Å². The van der Waals surface area contributed by atoms with E-state index in [9.17, 15) is 0 Å². The van der Waals surface area contributed by atoms with Gasteiger partial charge in [-0.25, -0.2) is 4.98 Å². The molecular weight excluding hydrogens is 240 g/mol. The first kappa shape index (κ1) is 11.0. The molecule has 0 saturated carbocycles. The average Bonchev–Trinajstić information content (AvgIpc) is 2.80. The first-order valence-corrected chi connectivity index (χ1v) is 7.50. The standard InChI is InChI=1S/C11H16N2OS2/c1-8-13-9(4-15-8)3-14-10-2-11(16-5-10)6-12-7-11/h4,10,12H,2-3,5-7H2,1H3. The van der Waals surface area contributed by atoms with Crippen LogP contribution < -0.4 is 5.32 Å². The lowest BCUT2D eigenvalue weighted by Gasteiger charge is -2.38. The summed E-state index contributed by atoms with van der Waals surface area (Å²) >= 11 is 3.77. The maximum absolute atomic E-state index is 5.93. The van der Waals surface area contributed by atoms with Crippen LogP contribution in [0.3, 0.4) is 0 Å². The molecule has 0 aliphatic carbocycles. The van der Waals surface area contributed by atoms with Crippen molar-refractivity contribution in [3.63, 3.8) is 0 Å². The fourth-order valence-electron chi connectivity index (χ4n) is 2.24. The molecule has 2 aliphatic rings. The topological polar surface area (TPSA) is 34.1 Å². The number of rotatable bonds is 3. The van der Waals surface area contributed by atoms with Gasteiger partial charge in [-0.15, -0.1) is 23.1 Å². The van der Waals surface area contributed by atoms with Crippen LogP contribution in [0, 0.1) is 6.92 Å². The molecule has 2 aliphatic heterocycles. The summed E-state index contributed by atoms with van der Waals surface area (Å²) in [6.07, 6.45) is 1.63. The van der Waals surface area contributed by atoms with Gasteiger partial charge < -0.3 is 10.1 Å². The van der Waals surface area contributed by atoms with Gasteiger partial charge in [0.2, 0.25) is 0 Å². The highest BCUT2D eigenvalue weighted by Crippen LogP contribution is 2.42. The second-order valence-corrected chi connectivity index (χ2v) is 7.14. The highest BCUT2D eigenvalue weighted by Gasteiger charge is 2.44. The molecule has 1 unspecified atom stereocenters. The van der Waals surface area contributed by atoms with Crippen LogP contribution in [0.2, 0.25) is 0 Å². The zero-order chi connectivity index (χ0) is 11.0. The second-order valence-electron chi connectivity index (χ2n) is 4.59. The van der Waals surface area contributed by atoms with E-state index in [2.05, 4.69) is 27.4 Å². The smallest absolute Gasteiger partial charge is 0.0900 e. The lowest BCUT2D eigenvalue weighted by molar-refractivity contribution is 0.0445. The van der Waals surface area contributed by atoms with E-state index in [1.165, 1.54) is 6.42 Å². The van der Waals surface area contributed by atoms with Gasteiger partial charge in [0.25, 0.3) is 0 Å². The third-order valence-corrected chi connectivity index (χ3v) is 5.63. The number of hydrogen-bond donors (Lipinski definition) is 1. The zero-order valence-electron chi connectivity index (χ0n) is 9.36. The van der Waals surface area contributed by atoms with Gasteiger partial charge in [0.15, 0.2) is 0 Å². The molecule has 16 heavy (non-hydrogen) atoms. The van der Waals surface area contributed by atoms with Crippen LogP contribution in [-0.2, 0) is 11.3 Å². The van der Waals surface area contributed by atoms with E-state index in [1.807, 2.05) is 6.92 Å². The molecule has 2 saturated heterocycles. The summed E-state index contributed by atoms with van der Waals surface area (Å²) in [5.41, 5.74) is 1.08. The van der Waals surface area contributed by atoms with Gasteiger partial charge in [-0.3, -0.25) is 0 Å². The zero-order valence-corrected chi connectivity index (χ0v) is 11.0. The van der Waals surface area contributed by atoms with Crippen molar-refractivity contribution in [1.29, 1.82) is 0 Å². The van der Waals surface area contributed by atoms with E-state index in [4.69, 9.17) is 4.74 Å². The number of aryl methyl sites for hydroxylation is 1. The van der Waals surface area contributed by atoms with Crippen LogP contribution in [0.15, 0.2) is 5.38 Å². The minimum Gasteiger partial charge on any atom is -0.371 e. The predicted molar refractivity (Wildman–Crippen MR) is 68.1 cm³/mol. The number of thiazole rings is 1. The van der Waals surface area contributed by atoms with Gasteiger partial charge in [0.05, 0.1) is 23.4 Å². The largest absolute Gasteiger partial charge is 0.371 e. The third-order valence-electron chi connectivity index (χ3n) is 3.20. The summed E-state index contributed by atoms with van der Waals surface area (Å²) in [4.78, 5) is 4.42.